The van der Waals surface area contributed by atoms with Crippen LogP contribution in [0, 0.1) is 5.92 Å². The average Bonchev–Trinajstić information content (AvgIpc) is 2.72. The van der Waals surface area contributed by atoms with Gasteiger partial charge in [0.05, 0.1) is 0 Å². The van der Waals surface area contributed by atoms with Crippen LogP contribution in [-0.2, 0) is 0 Å². The predicted octanol–water partition coefficient (Wildman–Crippen LogP) is 2.89. The maximum absolute atomic E-state index is 3.64. The van der Waals surface area contributed by atoms with Crippen LogP contribution >= 0.6 is 0 Å². The van der Waals surface area contributed by atoms with Gasteiger partial charge in [0, 0.05) is 6.04 Å². The molecule has 1 aliphatic rings. The minimum Gasteiger partial charge on any atom is -0.314 e. The fourth-order valence-electron chi connectivity index (χ4n) is 2.84. The summed E-state index contributed by atoms with van der Waals surface area (Å²) in [5, 5.41) is 3.64. The summed E-state index contributed by atoms with van der Waals surface area (Å²) in [5.41, 5.74) is 0. The molecule has 0 spiro atoms. The van der Waals surface area contributed by atoms with E-state index in [1.807, 2.05) is 0 Å². The standard InChI is InChI=1S/C14H30N2/c1-4-6-11-16(3)12-10-13-8-7-9-14(13)15-5-2/h13-15H,4-12H2,1-3H3. The molecule has 0 radical (unpaired) electrons. The summed E-state index contributed by atoms with van der Waals surface area (Å²) in [6.07, 6.45) is 8.32. The Morgan fingerprint density at radius 3 is 2.69 bits per heavy atom. The molecule has 0 amide bonds. The van der Waals surface area contributed by atoms with E-state index in [0.29, 0.717) is 0 Å². The van der Waals surface area contributed by atoms with Crippen LogP contribution in [0.4, 0.5) is 0 Å². The van der Waals surface area contributed by atoms with Gasteiger partial charge in [-0.05, 0) is 58.3 Å². The van der Waals surface area contributed by atoms with Crippen LogP contribution in [0.15, 0.2) is 0 Å². The summed E-state index contributed by atoms with van der Waals surface area (Å²) in [7, 11) is 2.27. The molecule has 2 nitrogen and oxygen atoms in total. The molecule has 0 aliphatic heterocycles. The normalized spacial score (nSPS) is 25.5. The number of rotatable bonds is 8. The van der Waals surface area contributed by atoms with E-state index in [4.69, 9.17) is 0 Å². The largest absolute Gasteiger partial charge is 0.314 e. The number of hydrogen-bond acceptors (Lipinski definition) is 2. The van der Waals surface area contributed by atoms with Gasteiger partial charge in [-0.1, -0.05) is 26.7 Å². The quantitative estimate of drug-likeness (QED) is 0.684. The van der Waals surface area contributed by atoms with E-state index < -0.39 is 0 Å². The Morgan fingerprint density at radius 2 is 2.00 bits per heavy atom. The van der Waals surface area contributed by atoms with E-state index in [0.717, 1.165) is 18.5 Å². The molecular formula is C14H30N2. The molecule has 16 heavy (non-hydrogen) atoms. The lowest BCUT2D eigenvalue weighted by atomic mass is 9.99. The molecule has 0 bridgehead atoms. The van der Waals surface area contributed by atoms with Gasteiger partial charge in [0.2, 0.25) is 0 Å². The van der Waals surface area contributed by atoms with Gasteiger partial charge in [-0.3, -0.25) is 0 Å². The molecule has 0 saturated heterocycles. The van der Waals surface area contributed by atoms with Crippen molar-refractivity contribution in [1.29, 1.82) is 0 Å². The first-order chi connectivity index (χ1) is 7.77. The maximum Gasteiger partial charge on any atom is 0.00956 e. The van der Waals surface area contributed by atoms with Gasteiger partial charge in [0.1, 0.15) is 0 Å². The molecule has 1 aliphatic carbocycles. The minimum atomic E-state index is 0.810. The van der Waals surface area contributed by atoms with Crippen molar-refractivity contribution in [2.75, 3.05) is 26.7 Å². The van der Waals surface area contributed by atoms with Crippen molar-refractivity contribution in [2.45, 2.75) is 58.4 Å². The maximum atomic E-state index is 3.64. The van der Waals surface area contributed by atoms with Crippen molar-refractivity contribution in [3.63, 3.8) is 0 Å². The molecule has 1 saturated carbocycles. The Kier molecular flexibility index (Phi) is 7.06. The van der Waals surface area contributed by atoms with E-state index in [1.165, 1.54) is 51.6 Å². The summed E-state index contributed by atoms with van der Waals surface area (Å²) in [5.74, 6) is 0.934. The van der Waals surface area contributed by atoms with E-state index in [9.17, 15) is 0 Å². The molecule has 1 fully saturated rings. The summed E-state index contributed by atoms with van der Waals surface area (Å²) >= 11 is 0. The zero-order valence-corrected chi connectivity index (χ0v) is 11.5. The zero-order valence-electron chi connectivity index (χ0n) is 11.5. The van der Waals surface area contributed by atoms with Crippen molar-refractivity contribution in [3.05, 3.63) is 0 Å². The Labute approximate surface area is 102 Å². The molecule has 1 N–H and O–H groups in total. The van der Waals surface area contributed by atoms with Crippen LogP contribution in [-0.4, -0.2) is 37.6 Å². The molecule has 0 aromatic carbocycles. The second-order valence-corrected chi connectivity index (χ2v) is 5.30. The highest BCUT2D eigenvalue weighted by Gasteiger charge is 2.25. The highest BCUT2D eigenvalue weighted by atomic mass is 15.1. The third kappa shape index (κ3) is 4.84. The molecule has 1 rings (SSSR count). The Balaban J connectivity index is 2.15. The Morgan fingerprint density at radius 1 is 1.19 bits per heavy atom. The fourth-order valence-corrected chi connectivity index (χ4v) is 2.84. The molecule has 0 heterocycles. The molecule has 2 unspecified atom stereocenters. The van der Waals surface area contributed by atoms with Crippen LogP contribution in [0.2, 0.25) is 0 Å². The zero-order chi connectivity index (χ0) is 11.8. The van der Waals surface area contributed by atoms with Gasteiger partial charge in [-0.2, -0.15) is 0 Å². The molecule has 0 aromatic rings. The lowest BCUT2D eigenvalue weighted by Gasteiger charge is -2.23. The van der Waals surface area contributed by atoms with Gasteiger partial charge >= 0.3 is 0 Å². The SMILES string of the molecule is CCCCN(C)CCC1CCCC1NCC. The lowest BCUT2D eigenvalue weighted by Crippen LogP contribution is -2.34. The monoisotopic (exact) mass is 226 g/mol. The van der Waals surface area contributed by atoms with Crippen LogP contribution in [0.5, 0.6) is 0 Å². The van der Waals surface area contributed by atoms with Crippen LogP contribution in [0.3, 0.4) is 0 Å². The lowest BCUT2D eigenvalue weighted by molar-refractivity contribution is 0.278. The van der Waals surface area contributed by atoms with Crippen molar-refractivity contribution in [1.82, 2.24) is 10.2 Å². The molecular weight excluding hydrogens is 196 g/mol. The minimum absolute atomic E-state index is 0.810. The van der Waals surface area contributed by atoms with Crippen LogP contribution < -0.4 is 5.32 Å². The van der Waals surface area contributed by atoms with Gasteiger partial charge < -0.3 is 10.2 Å². The van der Waals surface area contributed by atoms with Crippen LogP contribution in [0.25, 0.3) is 0 Å². The Hall–Kier alpha value is -0.0800. The number of unbranched alkanes of at least 4 members (excludes halogenated alkanes) is 1. The highest BCUT2D eigenvalue weighted by Crippen LogP contribution is 2.28. The van der Waals surface area contributed by atoms with Gasteiger partial charge in [0.25, 0.3) is 0 Å². The summed E-state index contributed by atoms with van der Waals surface area (Å²) in [6.45, 7) is 8.18. The summed E-state index contributed by atoms with van der Waals surface area (Å²) < 4.78 is 0. The van der Waals surface area contributed by atoms with Crippen molar-refractivity contribution in [3.8, 4) is 0 Å². The van der Waals surface area contributed by atoms with Gasteiger partial charge in [-0.25, -0.2) is 0 Å². The third-order valence-corrected chi connectivity index (χ3v) is 3.90. The smallest absolute Gasteiger partial charge is 0.00956 e. The van der Waals surface area contributed by atoms with E-state index in [2.05, 4.69) is 31.1 Å². The van der Waals surface area contributed by atoms with E-state index in [-0.39, 0.29) is 0 Å². The number of nitrogens with one attached hydrogen (secondary N) is 1. The fraction of sp³-hybridized carbons (Fsp3) is 1.00. The van der Waals surface area contributed by atoms with Crippen molar-refractivity contribution < 1.29 is 0 Å². The highest BCUT2D eigenvalue weighted by molar-refractivity contribution is 4.83. The van der Waals surface area contributed by atoms with Gasteiger partial charge in [0.15, 0.2) is 0 Å². The molecule has 96 valence electrons. The third-order valence-electron chi connectivity index (χ3n) is 3.90. The van der Waals surface area contributed by atoms with E-state index >= 15 is 0 Å². The first-order valence-corrected chi connectivity index (χ1v) is 7.19. The average molecular weight is 226 g/mol. The van der Waals surface area contributed by atoms with Crippen molar-refractivity contribution >= 4 is 0 Å². The summed E-state index contributed by atoms with van der Waals surface area (Å²) in [4.78, 5) is 2.50. The molecule has 0 aromatic heterocycles. The molecule has 2 heteroatoms. The first-order valence-electron chi connectivity index (χ1n) is 7.19. The van der Waals surface area contributed by atoms with Crippen molar-refractivity contribution in [2.24, 2.45) is 5.92 Å². The Bertz CT molecular complexity index is 170. The predicted molar refractivity (Wildman–Crippen MR) is 71.8 cm³/mol. The molecule has 2 atom stereocenters. The topological polar surface area (TPSA) is 15.3 Å². The van der Waals surface area contributed by atoms with Gasteiger partial charge in [-0.15, -0.1) is 0 Å². The van der Waals surface area contributed by atoms with Crippen LogP contribution in [0.1, 0.15) is 52.4 Å². The first kappa shape index (κ1) is 14.0. The number of hydrogen-bond donors (Lipinski definition) is 1. The second-order valence-electron chi connectivity index (χ2n) is 5.30. The number of nitrogens with zero attached hydrogens (tertiary/aromatic N) is 1. The second kappa shape index (κ2) is 8.08. The summed E-state index contributed by atoms with van der Waals surface area (Å²) in [6, 6.07) is 0.810. The van der Waals surface area contributed by atoms with E-state index in [1.54, 1.807) is 0 Å².